The quantitative estimate of drug-likeness (QED) is 0.696. The molecule has 0 unspecified atom stereocenters. The van der Waals surface area contributed by atoms with E-state index in [-0.39, 0.29) is 5.97 Å². The second kappa shape index (κ2) is 3.55. The van der Waals surface area contributed by atoms with E-state index < -0.39 is 0 Å². The standard InChI is InChI=1S/C10H9ClN2O2/c1-13-8-4-3-6(9(14)15-2)5-7(8)12-10(13)11/h3-5H,1-2H3. The number of methoxy groups -OCH3 is 1. The van der Waals surface area contributed by atoms with Gasteiger partial charge in [0, 0.05) is 7.05 Å². The largest absolute Gasteiger partial charge is 0.465 e. The lowest BCUT2D eigenvalue weighted by Crippen LogP contribution is -2.00. The third-order valence-corrected chi connectivity index (χ3v) is 2.59. The first-order valence-electron chi connectivity index (χ1n) is 4.34. The fourth-order valence-electron chi connectivity index (χ4n) is 1.42. The van der Waals surface area contributed by atoms with Gasteiger partial charge in [-0.05, 0) is 29.8 Å². The van der Waals surface area contributed by atoms with E-state index in [9.17, 15) is 4.79 Å². The molecule has 0 atom stereocenters. The van der Waals surface area contributed by atoms with E-state index in [1.54, 1.807) is 22.8 Å². The molecule has 0 aliphatic carbocycles. The lowest BCUT2D eigenvalue weighted by Gasteiger charge is -1.99. The van der Waals surface area contributed by atoms with E-state index in [0.29, 0.717) is 16.4 Å². The van der Waals surface area contributed by atoms with Crippen molar-refractivity contribution >= 4 is 28.6 Å². The first-order valence-corrected chi connectivity index (χ1v) is 4.71. The van der Waals surface area contributed by atoms with Gasteiger partial charge in [0.05, 0.1) is 23.7 Å². The summed E-state index contributed by atoms with van der Waals surface area (Å²) in [6.07, 6.45) is 0. The van der Waals surface area contributed by atoms with Gasteiger partial charge in [0.25, 0.3) is 0 Å². The number of aromatic nitrogens is 2. The van der Waals surface area contributed by atoms with E-state index in [0.717, 1.165) is 5.52 Å². The highest BCUT2D eigenvalue weighted by atomic mass is 35.5. The summed E-state index contributed by atoms with van der Waals surface area (Å²) in [5.41, 5.74) is 2.04. The van der Waals surface area contributed by atoms with E-state index in [1.165, 1.54) is 7.11 Å². The molecular weight excluding hydrogens is 216 g/mol. The first kappa shape index (κ1) is 9.98. The van der Waals surface area contributed by atoms with E-state index in [4.69, 9.17) is 11.6 Å². The number of benzene rings is 1. The molecule has 1 heterocycles. The molecule has 0 fully saturated rings. The Morgan fingerprint density at radius 2 is 2.27 bits per heavy atom. The predicted molar refractivity (Wildman–Crippen MR) is 57.1 cm³/mol. The highest BCUT2D eigenvalue weighted by molar-refractivity contribution is 6.29. The Kier molecular flexibility index (Phi) is 2.36. The maximum atomic E-state index is 11.3. The Morgan fingerprint density at radius 3 is 2.93 bits per heavy atom. The molecule has 0 saturated heterocycles. The van der Waals surface area contributed by atoms with Gasteiger partial charge in [-0.25, -0.2) is 9.78 Å². The maximum absolute atomic E-state index is 11.3. The lowest BCUT2D eigenvalue weighted by atomic mass is 10.2. The normalized spacial score (nSPS) is 10.6. The van der Waals surface area contributed by atoms with Gasteiger partial charge in [-0.2, -0.15) is 0 Å². The molecule has 2 aromatic rings. The Labute approximate surface area is 91.4 Å². The number of imidazole rings is 1. The molecular formula is C10H9ClN2O2. The number of carbonyl (C=O) groups is 1. The Bertz CT molecular complexity index is 533. The van der Waals surface area contributed by atoms with Crippen LogP contribution in [-0.2, 0) is 11.8 Å². The van der Waals surface area contributed by atoms with Crippen molar-refractivity contribution in [3.05, 3.63) is 29.0 Å². The first-order chi connectivity index (χ1) is 7.13. The Hall–Kier alpha value is -1.55. The Balaban J connectivity index is 2.62. The second-order valence-electron chi connectivity index (χ2n) is 3.13. The number of esters is 1. The number of fused-ring (bicyclic) bond motifs is 1. The van der Waals surface area contributed by atoms with Crippen LogP contribution in [0.25, 0.3) is 11.0 Å². The molecule has 2 rings (SSSR count). The molecule has 15 heavy (non-hydrogen) atoms. The van der Waals surface area contributed by atoms with Crippen molar-refractivity contribution in [1.29, 1.82) is 0 Å². The summed E-state index contributed by atoms with van der Waals surface area (Å²) < 4.78 is 6.36. The molecule has 0 spiro atoms. The van der Waals surface area contributed by atoms with Gasteiger partial charge in [-0.1, -0.05) is 0 Å². The van der Waals surface area contributed by atoms with E-state index in [2.05, 4.69) is 9.72 Å². The number of hydrogen-bond acceptors (Lipinski definition) is 3. The Morgan fingerprint density at radius 1 is 1.53 bits per heavy atom. The summed E-state index contributed by atoms with van der Waals surface area (Å²) in [6, 6.07) is 5.14. The van der Waals surface area contributed by atoms with Crippen molar-refractivity contribution in [2.24, 2.45) is 7.05 Å². The zero-order valence-corrected chi connectivity index (χ0v) is 9.08. The van der Waals surface area contributed by atoms with Crippen LogP contribution in [0, 0.1) is 0 Å². The predicted octanol–water partition coefficient (Wildman–Crippen LogP) is 2.01. The molecule has 0 aliphatic rings. The molecule has 0 radical (unpaired) electrons. The highest BCUT2D eigenvalue weighted by Crippen LogP contribution is 2.19. The van der Waals surface area contributed by atoms with E-state index in [1.807, 2.05) is 7.05 Å². The number of aryl methyl sites for hydroxylation is 1. The monoisotopic (exact) mass is 224 g/mol. The molecule has 5 heteroatoms. The molecule has 4 nitrogen and oxygen atoms in total. The molecule has 0 aliphatic heterocycles. The average molecular weight is 225 g/mol. The van der Waals surface area contributed by atoms with Crippen LogP contribution in [0.15, 0.2) is 18.2 Å². The van der Waals surface area contributed by atoms with Gasteiger partial charge >= 0.3 is 5.97 Å². The molecule has 78 valence electrons. The van der Waals surface area contributed by atoms with Gasteiger partial charge in [0.2, 0.25) is 5.28 Å². The summed E-state index contributed by atoms with van der Waals surface area (Å²) in [7, 11) is 3.16. The molecule has 0 amide bonds. The minimum absolute atomic E-state index is 0.376. The average Bonchev–Trinajstić information content (AvgIpc) is 2.53. The number of carbonyl (C=O) groups excluding carboxylic acids is 1. The van der Waals surface area contributed by atoms with Gasteiger partial charge in [-0.15, -0.1) is 0 Å². The van der Waals surface area contributed by atoms with Gasteiger partial charge < -0.3 is 9.30 Å². The SMILES string of the molecule is COC(=O)c1ccc2c(c1)nc(Cl)n2C. The summed E-state index contributed by atoms with van der Waals surface area (Å²) in [5.74, 6) is -0.376. The molecule has 1 aromatic heterocycles. The lowest BCUT2D eigenvalue weighted by molar-refractivity contribution is 0.0601. The van der Waals surface area contributed by atoms with Gasteiger partial charge in [0.15, 0.2) is 0 Å². The van der Waals surface area contributed by atoms with Crippen LogP contribution >= 0.6 is 11.6 Å². The number of rotatable bonds is 1. The smallest absolute Gasteiger partial charge is 0.337 e. The van der Waals surface area contributed by atoms with E-state index >= 15 is 0 Å². The number of hydrogen-bond donors (Lipinski definition) is 0. The van der Waals surface area contributed by atoms with Crippen molar-refractivity contribution < 1.29 is 9.53 Å². The van der Waals surface area contributed by atoms with Crippen LogP contribution < -0.4 is 0 Å². The highest BCUT2D eigenvalue weighted by Gasteiger charge is 2.10. The van der Waals surface area contributed by atoms with Crippen molar-refractivity contribution in [1.82, 2.24) is 9.55 Å². The minimum Gasteiger partial charge on any atom is -0.465 e. The van der Waals surface area contributed by atoms with Crippen LogP contribution in [0.4, 0.5) is 0 Å². The van der Waals surface area contributed by atoms with Crippen molar-refractivity contribution in [3.63, 3.8) is 0 Å². The van der Waals surface area contributed by atoms with Crippen LogP contribution in [0.2, 0.25) is 5.28 Å². The molecule has 1 aromatic carbocycles. The zero-order chi connectivity index (χ0) is 11.0. The van der Waals surface area contributed by atoms with Gasteiger partial charge in [0.1, 0.15) is 0 Å². The maximum Gasteiger partial charge on any atom is 0.337 e. The summed E-state index contributed by atoms with van der Waals surface area (Å²) in [4.78, 5) is 15.4. The van der Waals surface area contributed by atoms with Crippen molar-refractivity contribution in [3.8, 4) is 0 Å². The molecule has 0 saturated carbocycles. The zero-order valence-electron chi connectivity index (χ0n) is 8.32. The van der Waals surface area contributed by atoms with Crippen LogP contribution in [0.3, 0.4) is 0 Å². The third-order valence-electron chi connectivity index (χ3n) is 2.25. The topological polar surface area (TPSA) is 44.1 Å². The van der Waals surface area contributed by atoms with Crippen molar-refractivity contribution in [2.45, 2.75) is 0 Å². The third kappa shape index (κ3) is 1.57. The van der Waals surface area contributed by atoms with Crippen LogP contribution in [-0.4, -0.2) is 22.6 Å². The van der Waals surface area contributed by atoms with Gasteiger partial charge in [-0.3, -0.25) is 0 Å². The van der Waals surface area contributed by atoms with Crippen LogP contribution in [0.1, 0.15) is 10.4 Å². The fraction of sp³-hybridized carbons (Fsp3) is 0.200. The summed E-state index contributed by atoms with van der Waals surface area (Å²) >= 11 is 5.85. The number of nitrogens with zero attached hydrogens (tertiary/aromatic N) is 2. The molecule has 0 N–H and O–H groups in total. The number of halogens is 1. The number of ether oxygens (including phenoxy) is 1. The van der Waals surface area contributed by atoms with Crippen molar-refractivity contribution in [2.75, 3.05) is 7.11 Å². The second-order valence-corrected chi connectivity index (χ2v) is 3.47. The van der Waals surface area contributed by atoms with Crippen LogP contribution in [0.5, 0.6) is 0 Å². The minimum atomic E-state index is -0.376. The summed E-state index contributed by atoms with van der Waals surface area (Å²) in [5, 5.41) is 0.395. The summed E-state index contributed by atoms with van der Waals surface area (Å²) in [6.45, 7) is 0. The molecule has 0 bridgehead atoms. The fourth-order valence-corrected chi connectivity index (χ4v) is 1.60.